The minimum Gasteiger partial charge on any atom is -0.380 e. The number of methoxy groups -OCH3 is 1. The van der Waals surface area contributed by atoms with E-state index < -0.39 is 10.8 Å². The van der Waals surface area contributed by atoms with E-state index in [0.717, 1.165) is 16.6 Å². The highest BCUT2D eigenvalue weighted by atomic mass is 32.1. The highest BCUT2D eigenvalue weighted by Crippen LogP contribution is 2.36. The number of fused-ring (bicyclic) bond motifs is 1. The van der Waals surface area contributed by atoms with Crippen LogP contribution in [0.2, 0.25) is 0 Å². The van der Waals surface area contributed by atoms with Crippen molar-refractivity contribution >= 4 is 39.4 Å². The summed E-state index contributed by atoms with van der Waals surface area (Å²) in [4.78, 5) is 29.5. The monoisotopic (exact) mass is 449 g/mol. The number of thiophene rings is 1. The molecule has 0 aliphatic heterocycles. The van der Waals surface area contributed by atoms with Gasteiger partial charge in [0.15, 0.2) is 0 Å². The van der Waals surface area contributed by atoms with E-state index in [2.05, 4.69) is 15.5 Å². The third-order valence-corrected chi connectivity index (χ3v) is 5.79. The first-order valence-electron chi connectivity index (χ1n) is 9.61. The fourth-order valence-corrected chi connectivity index (χ4v) is 4.58. The van der Waals surface area contributed by atoms with Crippen LogP contribution in [0.4, 0.5) is 5.69 Å². The molecule has 0 bridgehead atoms. The quantitative estimate of drug-likeness (QED) is 0.258. The first kappa shape index (κ1) is 21.3. The Morgan fingerprint density at radius 2 is 2.06 bits per heavy atom. The molecule has 0 aliphatic rings. The van der Waals surface area contributed by atoms with Gasteiger partial charge in [0.2, 0.25) is 0 Å². The van der Waals surface area contributed by atoms with Crippen LogP contribution in [0.15, 0.2) is 60.0 Å². The van der Waals surface area contributed by atoms with E-state index in [1.165, 1.54) is 23.6 Å². The van der Waals surface area contributed by atoms with E-state index in [1.54, 1.807) is 25.3 Å². The SMILES string of the molecule is COCc1cc(C)nc2sc(C(=O)NN=Cc3ccccc3[N+](=O)[O-])c(-n3cccc3)c12. The number of nitro benzene ring substituents is 1. The Bertz CT molecular complexity index is 1330. The van der Waals surface area contributed by atoms with Gasteiger partial charge in [-0.25, -0.2) is 10.4 Å². The zero-order valence-corrected chi connectivity index (χ0v) is 18.1. The Kier molecular flexibility index (Phi) is 6.06. The number of nitrogens with zero attached hydrogens (tertiary/aromatic N) is 4. The molecule has 1 N–H and O–H groups in total. The smallest absolute Gasteiger partial charge is 0.283 e. The molecule has 3 aromatic heterocycles. The summed E-state index contributed by atoms with van der Waals surface area (Å²) in [6.45, 7) is 2.27. The fourth-order valence-electron chi connectivity index (χ4n) is 3.42. The lowest BCUT2D eigenvalue weighted by molar-refractivity contribution is -0.385. The highest BCUT2D eigenvalue weighted by Gasteiger charge is 2.23. The fraction of sp³-hybridized carbons (Fsp3) is 0.136. The van der Waals surface area contributed by atoms with Crippen LogP contribution in [-0.4, -0.2) is 33.7 Å². The molecule has 9 nitrogen and oxygen atoms in total. The summed E-state index contributed by atoms with van der Waals surface area (Å²) in [5, 5.41) is 16.0. The van der Waals surface area contributed by atoms with Crippen molar-refractivity contribution in [3.63, 3.8) is 0 Å². The van der Waals surface area contributed by atoms with Gasteiger partial charge < -0.3 is 9.30 Å². The first-order valence-corrected chi connectivity index (χ1v) is 10.4. The van der Waals surface area contributed by atoms with Gasteiger partial charge in [0.25, 0.3) is 11.6 Å². The average molecular weight is 449 g/mol. The lowest BCUT2D eigenvalue weighted by Crippen LogP contribution is -2.18. The van der Waals surface area contributed by atoms with Crippen LogP contribution in [0.25, 0.3) is 15.9 Å². The van der Waals surface area contributed by atoms with Gasteiger partial charge in [0.05, 0.1) is 29.0 Å². The van der Waals surface area contributed by atoms with Crippen molar-refractivity contribution in [1.29, 1.82) is 0 Å². The van der Waals surface area contributed by atoms with Crippen LogP contribution in [0.1, 0.15) is 26.5 Å². The van der Waals surface area contributed by atoms with E-state index in [-0.39, 0.29) is 5.69 Å². The molecule has 0 spiro atoms. The third-order valence-electron chi connectivity index (χ3n) is 4.72. The number of para-hydroxylation sites is 1. The van der Waals surface area contributed by atoms with Crippen LogP contribution in [-0.2, 0) is 11.3 Å². The number of aryl methyl sites for hydroxylation is 1. The Morgan fingerprint density at radius 1 is 1.31 bits per heavy atom. The summed E-state index contributed by atoms with van der Waals surface area (Å²) in [5.74, 6) is -0.437. The molecule has 0 saturated heterocycles. The average Bonchev–Trinajstić information content (AvgIpc) is 3.41. The summed E-state index contributed by atoms with van der Waals surface area (Å²) in [6, 6.07) is 11.9. The second-order valence-electron chi connectivity index (χ2n) is 6.92. The Morgan fingerprint density at radius 3 is 2.78 bits per heavy atom. The number of pyridine rings is 1. The number of aromatic nitrogens is 2. The summed E-state index contributed by atoms with van der Waals surface area (Å²) < 4.78 is 7.22. The number of hydrogen-bond donors (Lipinski definition) is 1. The van der Waals surface area contributed by atoms with E-state index in [1.807, 2.05) is 42.1 Å². The van der Waals surface area contributed by atoms with Crippen molar-refractivity contribution in [2.24, 2.45) is 5.10 Å². The second kappa shape index (κ2) is 9.08. The molecular weight excluding hydrogens is 430 g/mol. The molecule has 32 heavy (non-hydrogen) atoms. The highest BCUT2D eigenvalue weighted by molar-refractivity contribution is 7.21. The Labute approximate surface area is 187 Å². The van der Waals surface area contributed by atoms with Crippen LogP contribution >= 0.6 is 11.3 Å². The number of nitro groups is 1. The molecule has 0 radical (unpaired) electrons. The second-order valence-corrected chi connectivity index (χ2v) is 7.92. The lowest BCUT2D eigenvalue weighted by Gasteiger charge is -2.09. The van der Waals surface area contributed by atoms with Crippen molar-refractivity contribution in [2.45, 2.75) is 13.5 Å². The van der Waals surface area contributed by atoms with Crippen molar-refractivity contribution in [1.82, 2.24) is 15.0 Å². The number of benzene rings is 1. The largest absolute Gasteiger partial charge is 0.380 e. The number of rotatable bonds is 7. The van der Waals surface area contributed by atoms with Crippen molar-refractivity contribution in [3.8, 4) is 5.69 Å². The molecule has 10 heteroatoms. The first-order chi connectivity index (χ1) is 15.5. The van der Waals surface area contributed by atoms with Crippen molar-refractivity contribution in [2.75, 3.05) is 7.11 Å². The maximum atomic E-state index is 13.1. The van der Waals surface area contributed by atoms with Crippen LogP contribution < -0.4 is 5.43 Å². The summed E-state index contributed by atoms with van der Waals surface area (Å²) >= 11 is 1.26. The lowest BCUT2D eigenvalue weighted by atomic mass is 10.1. The summed E-state index contributed by atoms with van der Waals surface area (Å²) in [7, 11) is 1.62. The van der Waals surface area contributed by atoms with Crippen LogP contribution in [0.3, 0.4) is 0 Å². The number of amides is 1. The van der Waals surface area contributed by atoms with Gasteiger partial charge in [-0.15, -0.1) is 11.3 Å². The predicted molar refractivity (Wildman–Crippen MR) is 123 cm³/mol. The van der Waals surface area contributed by atoms with Crippen molar-refractivity contribution < 1.29 is 14.5 Å². The minimum absolute atomic E-state index is 0.0933. The number of hydrazone groups is 1. The number of nitrogens with one attached hydrogen (secondary N) is 1. The van der Waals surface area contributed by atoms with Gasteiger partial charge in [-0.05, 0) is 36.8 Å². The van der Waals surface area contributed by atoms with E-state index in [9.17, 15) is 14.9 Å². The van der Waals surface area contributed by atoms with Gasteiger partial charge in [0.1, 0.15) is 9.71 Å². The molecule has 4 aromatic rings. The Hall–Kier alpha value is -3.89. The topological polar surface area (TPSA) is 112 Å². The molecule has 0 fully saturated rings. The predicted octanol–water partition coefficient (Wildman–Crippen LogP) is 4.21. The molecule has 0 atom stereocenters. The van der Waals surface area contributed by atoms with E-state index in [4.69, 9.17) is 4.74 Å². The molecule has 162 valence electrons. The molecule has 4 rings (SSSR count). The zero-order valence-electron chi connectivity index (χ0n) is 17.3. The molecule has 0 aliphatic carbocycles. The molecular formula is C22H19N5O4S. The van der Waals surface area contributed by atoms with Crippen LogP contribution in [0, 0.1) is 17.0 Å². The van der Waals surface area contributed by atoms with Gasteiger partial charge in [-0.2, -0.15) is 5.10 Å². The standard InChI is InChI=1S/C22H19N5O4S/c1-14-11-16(13-31-2)18-19(26-9-5-6-10-26)20(32-22(18)24-14)21(28)25-23-12-15-7-3-4-8-17(15)27(29)30/h3-12H,13H2,1-2H3,(H,25,28). The number of hydrogen-bond acceptors (Lipinski definition) is 7. The number of carbonyl (C=O) groups is 1. The van der Waals surface area contributed by atoms with Crippen LogP contribution in [0.5, 0.6) is 0 Å². The van der Waals surface area contributed by atoms with Gasteiger partial charge in [-0.3, -0.25) is 14.9 Å². The zero-order chi connectivity index (χ0) is 22.7. The van der Waals surface area contributed by atoms with Gasteiger partial charge in [0, 0.05) is 36.7 Å². The molecule has 1 aromatic carbocycles. The molecule has 3 heterocycles. The van der Waals surface area contributed by atoms with Gasteiger partial charge >= 0.3 is 0 Å². The maximum absolute atomic E-state index is 13.1. The van der Waals surface area contributed by atoms with Crippen molar-refractivity contribution in [3.05, 3.63) is 86.7 Å². The molecule has 0 saturated carbocycles. The Balaban J connectivity index is 1.74. The molecule has 0 unspecified atom stereocenters. The normalized spacial score (nSPS) is 11.3. The molecule has 1 amide bonds. The van der Waals surface area contributed by atoms with E-state index in [0.29, 0.717) is 27.6 Å². The third kappa shape index (κ3) is 4.13. The van der Waals surface area contributed by atoms with E-state index >= 15 is 0 Å². The number of ether oxygens (including phenoxy) is 1. The maximum Gasteiger partial charge on any atom is 0.283 e. The summed E-state index contributed by atoms with van der Waals surface area (Å²) in [5.41, 5.74) is 5.13. The minimum atomic E-state index is -0.495. The summed E-state index contributed by atoms with van der Waals surface area (Å²) in [6.07, 6.45) is 4.97. The number of carbonyl (C=O) groups excluding carboxylic acids is 1. The van der Waals surface area contributed by atoms with Gasteiger partial charge in [-0.1, -0.05) is 12.1 Å².